The maximum absolute atomic E-state index is 12.0. The fraction of sp³-hybridized carbons (Fsp3) is 0.286. The number of carbonyl (C=O) groups excluding carboxylic acids is 2. The van der Waals surface area contributed by atoms with Crippen molar-refractivity contribution in [3.8, 4) is 0 Å². The Labute approximate surface area is 146 Å². The Balaban J connectivity index is 1.77. The first-order valence-electron chi connectivity index (χ1n) is 6.75. The third-order valence-electron chi connectivity index (χ3n) is 2.74. The van der Waals surface area contributed by atoms with E-state index in [4.69, 9.17) is 0 Å². The lowest BCUT2D eigenvalue weighted by Crippen LogP contribution is -2.42. The first-order valence-corrected chi connectivity index (χ1v) is 9.67. The number of urea groups is 1. The summed E-state index contributed by atoms with van der Waals surface area (Å²) in [7, 11) is 0. The van der Waals surface area contributed by atoms with Crippen LogP contribution >= 0.6 is 34.9 Å². The van der Waals surface area contributed by atoms with Gasteiger partial charge < -0.3 is 5.32 Å². The number of imide groups is 1. The second kappa shape index (κ2) is 8.90. The molecule has 0 aliphatic heterocycles. The van der Waals surface area contributed by atoms with E-state index >= 15 is 0 Å². The van der Waals surface area contributed by atoms with Gasteiger partial charge >= 0.3 is 6.03 Å². The van der Waals surface area contributed by atoms with Gasteiger partial charge in [0, 0.05) is 6.54 Å². The molecule has 0 aliphatic rings. The van der Waals surface area contributed by atoms with Crippen LogP contribution in [-0.4, -0.2) is 33.6 Å². The van der Waals surface area contributed by atoms with E-state index in [1.54, 1.807) is 6.92 Å². The Bertz CT molecular complexity index is 663. The van der Waals surface area contributed by atoms with Gasteiger partial charge in [0.05, 0.1) is 5.25 Å². The minimum Gasteiger partial charge on any atom is -0.334 e. The van der Waals surface area contributed by atoms with Crippen LogP contribution in [0.2, 0.25) is 0 Å². The van der Waals surface area contributed by atoms with Gasteiger partial charge in [-0.3, -0.25) is 10.1 Å². The van der Waals surface area contributed by atoms with E-state index in [0.29, 0.717) is 10.9 Å². The fourth-order valence-electron chi connectivity index (χ4n) is 1.57. The summed E-state index contributed by atoms with van der Waals surface area (Å²) >= 11 is 4.22. The van der Waals surface area contributed by atoms with Crippen LogP contribution in [0, 0.1) is 0 Å². The molecule has 0 spiro atoms. The molecule has 1 aromatic carbocycles. The van der Waals surface area contributed by atoms with Crippen LogP contribution in [0.15, 0.2) is 39.0 Å². The molecular weight excluding hydrogens is 352 g/mol. The zero-order valence-electron chi connectivity index (χ0n) is 12.6. The molecule has 23 heavy (non-hydrogen) atoms. The van der Waals surface area contributed by atoms with Crippen molar-refractivity contribution in [3.05, 3.63) is 35.9 Å². The quantitative estimate of drug-likeness (QED) is 0.763. The van der Waals surface area contributed by atoms with Crippen LogP contribution in [0.5, 0.6) is 0 Å². The standard InChI is InChI=1S/C14H16N4O2S3/c1-9(22-14-18-17-13(21-2)23-14)11(19)16-12(20)15-8-10-6-4-3-5-7-10/h3-7,9H,8H2,1-2H3,(H2,15,16,19,20). The molecule has 0 radical (unpaired) electrons. The predicted octanol–water partition coefficient (Wildman–Crippen LogP) is 2.77. The average Bonchev–Trinajstić information content (AvgIpc) is 3.01. The number of nitrogens with one attached hydrogen (secondary N) is 2. The number of thioether (sulfide) groups is 2. The first-order chi connectivity index (χ1) is 11.1. The number of hydrogen-bond acceptors (Lipinski definition) is 7. The molecule has 2 aromatic rings. The highest BCUT2D eigenvalue weighted by atomic mass is 32.2. The fourth-order valence-corrected chi connectivity index (χ4v) is 4.15. The van der Waals surface area contributed by atoms with Gasteiger partial charge in [0.15, 0.2) is 8.68 Å². The number of hydrogen-bond donors (Lipinski definition) is 2. The number of rotatable bonds is 6. The van der Waals surface area contributed by atoms with Crippen LogP contribution in [0.3, 0.4) is 0 Å². The Kier molecular flexibility index (Phi) is 6.87. The van der Waals surface area contributed by atoms with E-state index in [0.717, 1.165) is 9.90 Å². The number of nitrogens with zero attached hydrogens (tertiary/aromatic N) is 2. The van der Waals surface area contributed by atoms with E-state index in [1.807, 2.05) is 36.6 Å². The van der Waals surface area contributed by atoms with E-state index in [2.05, 4.69) is 20.8 Å². The lowest BCUT2D eigenvalue weighted by molar-refractivity contribution is -0.119. The van der Waals surface area contributed by atoms with Gasteiger partial charge in [0.25, 0.3) is 0 Å². The van der Waals surface area contributed by atoms with Crippen molar-refractivity contribution in [1.82, 2.24) is 20.8 Å². The van der Waals surface area contributed by atoms with Crippen molar-refractivity contribution in [2.75, 3.05) is 6.26 Å². The van der Waals surface area contributed by atoms with Crippen LogP contribution in [-0.2, 0) is 11.3 Å². The maximum Gasteiger partial charge on any atom is 0.321 e. The highest BCUT2D eigenvalue weighted by Gasteiger charge is 2.19. The summed E-state index contributed by atoms with van der Waals surface area (Å²) in [5, 5.41) is 12.5. The minimum absolute atomic E-state index is 0.360. The number of aromatic nitrogens is 2. The molecule has 122 valence electrons. The third kappa shape index (κ3) is 5.85. The van der Waals surface area contributed by atoms with Crippen molar-refractivity contribution in [1.29, 1.82) is 0 Å². The molecule has 1 atom stereocenters. The number of carbonyl (C=O) groups is 2. The molecule has 0 saturated heterocycles. The molecule has 1 aromatic heterocycles. The molecule has 0 fully saturated rings. The van der Waals surface area contributed by atoms with E-state index in [-0.39, 0.29) is 5.91 Å². The largest absolute Gasteiger partial charge is 0.334 e. The maximum atomic E-state index is 12.0. The summed E-state index contributed by atoms with van der Waals surface area (Å²) in [6, 6.07) is 8.99. The Morgan fingerprint density at radius 2 is 1.91 bits per heavy atom. The summed E-state index contributed by atoms with van der Waals surface area (Å²) < 4.78 is 1.56. The van der Waals surface area contributed by atoms with Crippen molar-refractivity contribution in [2.24, 2.45) is 0 Å². The number of benzene rings is 1. The van der Waals surface area contributed by atoms with Crippen LogP contribution in [0.25, 0.3) is 0 Å². The summed E-state index contributed by atoms with van der Waals surface area (Å²) in [5.41, 5.74) is 0.968. The van der Waals surface area contributed by atoms with Gasteiger partial charge in [-0.05, 0) is 18.7 Å². The second-order valence-electron chi connectivity index (χ2n) is 4.46. The van der Waals surface area contributed by atoms with Crippen LogP contribution < -0.4 is 10.6 Å². The molecule has 2 rings (SSSR count). The topological polar surface area (TPSA) is 84.0 Å². The van der Waals surface area contributed by atoms with Crippen molar-refractivity contribution >= 4 is 46.8 Å². The monoisotopic (exact) mass is 368 g/mol. The smallest absolute Gasteiger partial charge is 0.321 e. The lowest BCUT2D eigenvalue weighted by atomic mass is 10.2. The third-order valence-corrected chi connectivity index (χ3v) is 5.83. The first kappa shape index (κ1) is 17.8. The molecule has 1 unspecified atom stereocenters. The van der Waals surface area contributed by atoms with Crippen LogP contribution in [0.4, 0.5) is 4.79 Å². The average molecular weight is 369 g/mol. The molecule has 0 bridgehead atoms. The molecule has 6 nitrogen and oxygen atoms in total. The Morgan fingerprint density at radius 1 is 1.22 bits per heavy atom. The molecular formula is C14H16N4O2S3. The van der Waals surface area contributed by atoms with E-state index in [9.17, 15) is 9.59 Å². The molecule has 0 aliphatic carbocycles. The van der Waals surface area contributed by atoms with Gasteiger partial charge in [0.1, 0.15) is 0 Å². The van der Waals surface area contributed by atoms with Crippen molar-refractivity contribution < 1.29 is 9.59 Å². The predicted molar refractivity (Wildman–Crippen MR) is 93.8 cm³/mol. The van der Waals surface area contributed by atoms with Gasteiger partial charge in [-0.25, -0.2) is 4.79 Å². The highest BCUT2D eigenvalue weighted by Crippen LogP contribution is 2.30. The summed E-state index contributed by atoms with van der Waals surface area (Å²) in [6.45, 7) is 2.10. The molecule has 3 amide bonds. The van der Waals surface area contributed by atoms with Gasteiger partial charge in [-0.15, -0.1) is 10.2 Å². The molecule has 1 heterocycles. The molecule has 2 N–H and O–H groups in total. The zero-order chi connectivity index (χ0) is 16.7. The Hall–Kier alpha value is -1.58. The summed E-state index contributed by atoms with van der Waals surface area (Å²) in [4.78, 5) is 23.8. The zero-order valence-corrected chi connectivity index (χ0v) is 15.1. The van der Waals surface area contributed by atoms with Crippen molar-refractivity contribution in [2.45, 2.75) is 27.4 Å². The lowest BCUT2D eigenvalue weighted by Gasteiger charge is -2.10. The summed E-state index contributed by atoms with van der Waals surface area (Å²) in [5.74, 6) is -0.360. The second-order valence-corrected chi connectivity index (χ2v) is 8.07. The van der Waals surface area contributed by atoms with E-state index in [1.165, 1.54) is 34.9 Å². The van der Waals surface area contributed by atoms with Gasteiger partial charge in [-0.2, -0.15) is 0 Å². The van der Waals surface area contributed by atoms with Gasteiger partial charge in [-0.1, -0.05) is 65.2 Å². The van der Waals surface area contributed by atoms with Crippen molar-refractivity contribution in [3.63, 3.8) is 0 Å². The van der Waals surface area contributed by atoms with Crippen LogP contribution in [0.1, 0.15) is 12.5 Å². The van der Waals surface area contributed by atoms with Gasteiger partial charge in [0.2, 0.25) is 5.91 Å². The Morgan fingerprint density at radius 3 is 2.57 bits per heavy atom. The minimum atomic E-state index is -0.506. The summed E-state index contributed by atoms with van der Waals surface area (Å²) in [6.07, 6.45) is 1.92. The SMILES string of the molecule is CSc1nnc(SC(C)C(=O)NC(=O)NCc2ccccc2)s1. The normalized spacial score (nSPS) is 11.7. The number of amides is 3. The highest BCUT2D eigenvalue weighted by molar-refractivity contribution is 8.03. The van der Waals surface area contributed by atoms with E-state index < -0.39 is 11.3 Å². The molecule has 9 heteroatoms. The molecule has 0 saturated carbocycles.